The van der Waals surface area contributed by atoms with Gasteiger partial charge in [0.05, 0.1) is 10.6 Å². The molecule has 1 fully saturated rings. The maximum atomic E-state index is 12.7. The lowest BCUT2D eigenvalue weighted by atomic mass is 10.1. The number of rotatable bonds is 4. The summed E-state index contributed by atoms with van der Waals surface area (Å²) in [4.78, 5) is 30.5. The largest absolute Gasteiger partial charge is 0.440 e. The highest BCUT2D eigenvalue weighted by Crippen LogP contribution is 2.41. The van der Waals surface area contributed by atoms with Gasteiger partial charge in [0, 0.05) is 17.3 Å². The fourth-order valence-corrected chi connectivity index (χ4v) is 3.29. The molecule has 0 aromatic heterocycles. The lowest BCUT2D eigenvalue weighted by Gasteiger charge is -2.27. The first-order valence-electron chi connectivity index (χ1n) is 8.40. The summed E-state index contributed by atoms with van der Waals surface area (Å²) < 4.78 is 0. The normalized spacial score (nSPS) is 16.2. The molecule has 8 heteroatoms. The molecule has 0 radical (unpaired) electrons. The molecule has 1 amide bonds. The fourth-order valence-electron chi connectivity index (χ4n) is 3.10. The van der Waals surface area contributed by atoms with Crippen LogP contribution < -0.4 is 9.96 Å². The first-order chi connectivity index (χ1) is 13.6. The molecule has 0 saturated carbocycles. The van der Waals surface area contributed by atoms with Crippen LogP contribution in [0.15, 0.2) is 78.9 Å². The highest BCUT2D eigenvalue weighted by Gasteiger charge is 2.43. The van der Waals surface area contributed by atoms with Crippen LogP contribution in [0.25, 0.3) is 0 Å². The van der Waals surface area contributed by atoms with Gasteiger partial charge in [0.15, 0.2) is 6.17 Å². The van der Waals surface area contributed by atoms with Gasteiger partial charge >= 0.3 is 6.09 Å². The van der Waals surface area contributed by atoms with Crippen LogP contribution >= 0.6 is 11.6 Å². The first kappa shape index (κ1) is 17.8. The number of nitrogens with zero attached hydrogens (tertiary/aromatic N) is 3. The van der Waals surface area contributed by atoms with E-state index in [1.54, 1.807) is 42.5 Å². The van der Waals surface area contributed by atoms with E-state index in [0.29, 0.717) is 16.9 Å². The molecule has 4 rings (SSSR count). The third-order valence-electron chi connectivity index (χ3n) is 4.35. The van der Waals surface area contributed by atoms with Crippen molar-refractivity contribution in [3.8, 4) is 0 Å². The number of halogens is 1. The average molecular weight is 396 g/mol. The summed E-state index contributed by atoms with van der Waals surface area (Å²) in [5.41, 5.74) is 1.50. The number of benzene rings is 3. The Labute approximate surface area is 165 Å². The lowest BCUT2D eigenvalue weighted by molar-refractivity contribution is -0.384. The number of para-hydroxylation sites is 2. The van der Waals surface area contributed by atoms with Gasteiger partial charge in [-0.1, -0.05) is 54.1 Å². The molecule has 1 aliphatic heterocycles. The monoisotopic (exact) mass is 395 g/mol. The van der Waals surface area contributed by atoms with E-state index in [1.165, 1.54) is 22.1 Å². The maximum absolute atomic E-state index is 12.7. The van der Waals surface area contributed by atoms with Crippen LogP contribution in [0.3, 0.4) is 0 Å². The topological polar surface area (TPSA) is 75.9 Å². The second-order valence-corrected chi connectivity index (χ2v) is 6.47. The van der Waals surface area contributed by atoms with Crippen LogP contribution in [-0.2, 0) is 4.84 Å². The zero-order valence-corrected chi connectivity index (χ0v) is 15.2. The Balaban J connectivity index is 1.87. The number of hydrogen-bond donors (Lipinski definition) is 0. The van der Waals surface area contributed by atoms with E-state index in [2.05, 4.69) is 0 Å². The van der Waals surface area contributed by atoms with E-state index in [9.17, 15) is 14.9 Å². The van der Waals surface area contributed by atoms with Gasteiger partial charge in [-0.3, -0.25) is 10.1 Å². The molecule has 1 unspecified atom stereocenters. The van der Waals surface area contributed by atoms with Crippen molar-refractivity contribution in [3.05, 3.63) is 99.6 Å². The number of carbonyl (C=O) groups is 1. The number of nitro groups is 1. The van der Waals surface area contributed by atoms with E-state index in [0.717, 1.165) is 0 Å². The Bertz CT molecular complexity index is 1030. The summed E-state index contributed by atoms with van der Waals surface area (Å²) in [5, 5.41) is 12.8. The number of carbonyl (C=O) groups excluding carboxylic acids is 1. The molecule has 3 aromatic rings. The van der Waals surface area contributed by atoms with Gasteiger partial charge in [0.2, 0.25) is 0 Å². The average Bonchev–Trinajstić information content (AvgIpc) is 3.06. The number of amides is 1. The summed E-state index contributed by atoms with van der Waals surface area (Å²) in [6.07, 6.45) is -1.33. The minimum atomic E-state index is -0.742. The number of anilines is 2. The van der Waals surface area contributed by atoms with Crippen molar-refractivity contribution in [1.29, 1.82) is 0 Å². The zero-order chi connectivity index (χ0) is 19.7. The number of hydroxylamine groups is 1. The van der Waals surface area contributed by atoms with Gasteiger partial charge in [0.25, 0.3) is 5.69 Å². The Morgan fingerprint density at radius 1 is 0.929 bits per heavy atom. The van der Waals surface area contributed by atoms with Crippen LogP contribution in [0.4, 0.5) is 21.9 Å². The van der Waals surface area contributed by atoms with Gasteiger partial charge < -0.3 is 4.84 Å². The van der Waals surface area contributed by atoms with Gasteiger partial charge in [-0.25, -0.2) is 9.69 Å². The van der Waals surface area contributed by atoms with Crippen LogP contribution in [0.5, 0.6) is 0 Å². The molecule has 0 bridgehead atoms. The molecule has 0 aliphatic carbocycles. The molecule has 7 nitrogen and oxygen atoms in total. The summed E-state index contributed by atoms with van der Waals surface area (Å²) in [7, 11) is 0. The molecule has 140 valence electrons. The minimum Gasteiger partial charge on any atom is -0.319 e. The van der Waals surface area contributed by atoms with Crippen molar-refractivity contribution in [1.82, 2.24) is 0 Å². The Morgan fingerprint density at radius 2 is 1.54 bits per heavy atom. The Hall–Kier alpha value is -3.58. The van der Waals surface area contributed by atoms with Crippen molar-refractivity contribution < 1.29 is 14.6 Å². The van der Waals surface area contributed by atoms with Crippen LogP contribution in [-0.4, -0.2) is 11.0 Å². The molecule has 0 spiro atoms. The third-order valence-corrected chi connectivity index (χ3v) is 4.67. The lowest BCUT2D eigenvalue weighted by Crippen LogP contribution is -2.31. The smallest absolute Gasteiger partial charge is 0.319 e. The molecule has 1 atom stereocenters. The minimum absolute atomic E-state index is 0.0246. The van der Waals surface area contributed by atoms with Crippen molar-refractivity contribution in [2.24, 2.45) is 0 Å². The number of nitro benzene ring substituents is 1. The predicted octanol–water partition coefficient (Wildman–Crippen LogP) is 5.33. The van der Waals surface area contributed by atoms with Crippen LogP contribution in [0.2, 0.25) is 5.02 Å². The molecule has 28 heavy (non-hydrogen) atoms. The van der Waals surface area contributed by atoms with Gasteiger partial charge in [0.1, 0.15) is 5.02 Å². The zero-order valence-electron chi connectivity index (χ0n) is 14.4. The van der Waals surface area contributed by atoms with Crippen molar-refractivity contribution >= 4 is 34.8 Å². The molecule has 3 aromatic carbocycles. The van der Waals surface area contributed by atoms with E-state index in [-0.39, 0.29) is 10.7 Å². The highest BCUT2D eigenvalue weighted by molar-refractivity contribution is 6.32. The Morgan fingerprint density at radius 3 is 2.14 bits per heavy atom. The van der Waals surface area contributed by atoms with E-state index in [1.807, 2.05) is 24.3 Å². The van der Waals surface area contributed by atoms with Crippen LogP contribution in [0.1, 0.15) is 11.7 Å². The second-order valence-electron chi connectivity index (χ2n) is 6.07. The van der Waals surface area contributed by atoms with E-state index in [4.69, 9.17) is 16.4 Å². The van der Waals surface area contributed by atoms with Crippen LogP contribution in [0, 0.1) is 10.1 Å². The quantitative estimate of drug-likeness (QED) is 0.441. The fraction of sp³-hybridized carbons (Fsp3) is 0.0500. The predicted molar refractivity (Wildman–Crippen MR) is 105 cm³/mol. The molecular weight excluding hydrogens is 382 g/mol. The summed E-state index contributed by atoms with van der Waals surface area (Å²) in [5.74, 6) is 0. The molecular formula is C20H14ClN3O4. The number of hydrogen-bond acceptors (Lipinski definition) is 5. The van der Waals surface area contributed by atoms with E-state index < -0.39 is 17.2 Å². The SMILES string of the molecule is O=C1ON(c2ccccc2)C(c2ccc(Cl)c([N+](=O)[O-])c2)N1c1ccccc1. The molecule has 1 saturated heterocycles. The second kappa shape index (κ2) is 7.21. The van der Waals surface area contributed by atoms with Crippen molar-refractivity contribution in [2.45, 2.75) is 6.17 Å². The molecule has 0 N–H and O–H groups in total. The van der Waals surface area contributed by atoms with E-state index >= 15 is 0 Å². The summed E-state index contributed by atoms with van der Waals surface area (Å²) in [6, 6.07) is 22.5. The highest BCUT2D eigenvalue weighted by atomic mass is 35.5. The standard InChI is InChI=1S/C20H14ClN3O4/c21-17-12-11-14(13-18(17)24(26)27)19-22(15-7-3-1-4-8-15)20(25)28-23(19)16-9-5-2-6-10-16/h1-13,19H. The first-order valence-corrected chi connectivity index (χ1v) is 8.78. The maximum Gasteiger partial charge on any atom is 0.440 e. The van der Waals surface area contributed by atoms with Gasteiger partial charge in [-0.05, 0) is 30.3 Å². The van der Waals surface area contributed by atoms with Crippen molar-refractivity contribution in [3.63, 3.8) is 0 Å². The molecule has 1 aliphatic rings. The van der Waals surface area contributed by atoms with Crippen molar-refractivity contribution in [2.75, 3.05) is 9.96 Å². The van der Waals surface area contributed by atoms with Gasteiger partial charge in [-0.15, -0.1) is 0 Å². The summed E-state index contributed by atoms with van der Waals surface area (Å²) in [6.45, 7) is 0. The van der Waals surface area contributed by atoms with Gasteiger partial charge in [-0.2, -0.15) is 5.06 Å². The summed E-state index contributed by atoms with van der Waals surface area (Å²) >= 11 is 5.97. The third kappa shape index (κ3) is 3.12. The Kier molecular flexibility index (Phi) is 4.58. The molecule has 1 heterocycles.